The van der Waals surface area contributed by atoms with Crippen LogP contribution in [0.2, 0.25) is 0 Å². The second-order valence-electron chi connectivity index (χ2n) is 8.74. The van der Waals surface area contributed by atoms with Crippen LogP contribution in [0, 0.1) is 5.92 Å². The fourth-order valence-corrected chi connectivity index (χ4v) is 4.38. The summed E-state index contributed by atoms with van der Waals surface area (Å²) >= 11 is 0. The Kier molecular flexibility index (Phi) is 7.40. The number of carbonyl (C=O) groups excluding carboxylic acids is 1. The number of likely N-dealkylation sites (N-methyl/N-ethyl adjacent to an activating group) is 1. The first kappa shape index (κ1) is 22.3. The summed E-state index contributed by atoms with van der Waals surface area (Å²) in [5.74, 6) is 1.20. The molecule has 1 atom stereocenters. The highest BCUT2D eigenvalue weighted by Crippen LogP contribution is 2.22. The van der Waals surface area contributed by atoms with Crippen molar-refractivity contribution in [2.45, 2.75) is 18.9 Å². The molecular weight excluding hydrogens is 400 g/mol. The molecule has 168 valence electrons. The molecule has 1 saturated heterocycles. The van der Waals surface area contributed by atoms with Crippen LogP contribution in [0.5, 0.6) is 5.75 Å². The summed E-state index contributed by atoms with van der Waals surface area (Å²) in [4.78, 5) is 16.7. The van der Waals surface area contributed by atoms with Gasteiger partial charge in [-0.2, -0.15) is 0 Å². The highest BCUT2D eigenvalue weighted by Gasteiger charge is 2.23. The van der Waals surface area contributed by atoms with Crippen LogP contribution in [-0.2, 0) is 4.79 Å². The molecule has 1 aliphatic heterocycles. The average molecular weight is 433 g/mol. The van der Waals surface area contributed by atoms with Crippen LogP contribution in [0.25, 0.3) is 10.8 Å². The molecule has 1 N–H and O–H groups in total. The summed E-state index contributed by atoms with van der Waals surface area (Å²) in [5.41, 5.74) is 0.964. The maximum Gasteiger partial charge on any atom is 0.260 e. The molecule has 5 nitrogen and oxygen atoms in total. The minimum Gasteiger partial charge on any atom is -0.484 e. The molecular formula is C27H32N2O3. The number of benzene rings is 3. The quantitative estimate of drug-likeness (QED) is 0.582. The van der Waals surface area contributed by atoms with E-state index in [2.05, 4.69) is 11.0 Å². The number of β-amino-alcohol motifs (C(OH)–C–C–N with tert-alkyl or cyclic N) is 1. The van der Waals surface area contributed by atoms with E-state index in [9.17, 15) is 9.90 Å². The van der Waals surface area contributed by atoms with Crippen LogP contribution < -0.4 is 4.74 Å². The van der Waals surface area contributed by atoms with Gasteiger partial charge in [-0.3, -0.25) is 4.79 Å². The summed E-state index contributed by atoms with van der Waals surface area (Å²) in [5, 5.41) is 12.7. The van der Waals surface area contributed by atoms with Crippen LogP contribution in [0.3, 0.4) is 0 Å². The molecule has 4 rings (SSSR count). The lowest BCUT2D eigenvalue weighted by Gasteiger charge is -2.34. The first-order chi connectivity index (χ1) is 15.6. The molecule has 1 unspecified atom stereocenters. The molecule has 0 radical (unpaired) electrons. The highest BCUT2D eigenvalue weighted by atomic mass is 16.5. The van der Waals surface area contributed by atoms with Crippen LogP contribution in [0.4, 0.5) is 0 Å². The molecule has 1 amide bonds. The number of nitrogens with zero attached hydrogens (tertiary/aromatic N) is 2. The van der Waals surface area contributed by atoms with Gasteiger partial charge in [0.25, 0.3) is 5.91 Å². The summed E-state index contributed by atoms with van der Waals surface area (Å²) in [6.45, 7) is 3.35. The molecule has 0 bridgehead atoms. The Bertz CT molecular complexity index is 1020. The molecule has 32 heavy (non-hydrogen) atoms. The SMILES string of the molecule is CN(CC1CCN(CC(O)c2ccccc2)CC1)C(=O)COc1ccc2ccccc2c1. The zero-order chi connectivity index (χ0) is 22.3. The van der Waals surface area contributed by atoms with Gasteiger partial charge in [0, 0.05) is 20.1 Å². The van der Waals surface area contributed by atoms with Gasteiger partial charge in [0.1, 0.15) is 5.75 Å². The standard InChI is InChI=1S/C27H32N2O3/c1-28(27(31)20-32-25-12-11-22-7-5-6-10-24(22)17-25)18-21-13-15-29(16-14-21)19-26(30)23-8-3-2-4-9-23/h2-12,17,21,26,30H,13-16,18-20H2,1H3. The Morgan fingerprint density at radius 2 is 1.72 bits per heavy atom. The van der Waals surface area contributed by atoms with Crippen molar-refractivity contribution in [3.05, 3.63) is 78.4 Å². The largest absolute Gasteiger partial charge is 0.484 e. The van der Waals surface area contributed by atoms with Gasteiger partial charge in [-0.05, 0) is 60.3 Å². The number of carbonyl (C=O) groups is 1. The molecule has 1 aliphatic rings. The van der Waals surface area contributed by atoms with Gasteiger partial charge in [-0.25, -0.2) is 0 Å². The molecule has 3 aromatic rings. The van der Waals surface area contributed by atoms with Gasteiger partial charge in [-0.1, -0.05) is 60.7 Å². The Morgan fingerprint density at radius 1 is 1.03 bits per heavy atom. The second-order valence-corrected chi connectivity index (χ2v) is 8.74. The Hall–Kier alpha value is -2.89. The number of hydrogen-bond donors (Lipinski definition) is 1. The van der Waals surface area contributed by atoms with Crippen molar-refractivity contribution in [1.29, 1.82) is 0 Å². The van der Waals surface area contributed by atoms with E-state index in [1.807, 2.05) is 73.8 Å². The predicted molar refractivity (Wildman–Crippen MR) is 128 cm³/mol. The molecule has 0 saturated carbocycles. The Balaban J connectivity index is 1.19. The molecule has 1 fully saturated rings. The van der Waals surface area contributed by atoms with E-state index in [1.165, 1.54) is 0 Å². The van der Waals surface area contributed by atoms with Crippen molar-refractivity contribution in [2.24, 2.45) is 5.92 Å². The normalized spacial score (nSPS) is 16.1. The summed E-state index contributed by atoms with van der Waals surface area (Å²) in [6, 6.07) is 23.8. The van der Waals surface area contributed by atoms with Gasteiger partial charge < -0.3 is 19.6 Å². The van der Waals surface area contributed by atoms with Crippen LogP contribution in [0.15, 0.2) is 72.8 Å². The number of aliphatic hydroxyl groups is 1. The first-order valence-corrected chi connectivity index (χ1v) is 11.4. The van der Waals surface area contributed by atoms with Gasteiger partial charge >= 0.3 is 0 Å². The monoisotopic (exact) mass is 432 g/mol. The summed E-state index contributed by atoms with van der Waals surface area (Å²) < 4.78 is 5.76. The van der Waals surface area contributed by atoms with Crippen molar-refractivity contribution in [3.8, 4) is 5.75 Å². The minimum absolute atomic E-state index is 0.0000815. The highest BCUT2D eigenvalue weighted by molar-refractivity contribution is 5.84. The molecule has 0 spiro atoms. The van der Waals surface area contributed by atoms with E-state index in [-0.39, 0.29) is 12.5 Å². The van der Waals surface area contributed by atoms with Crippen molar-refractivity contribution in [2.75, 3.05) is 39.8 Å². The fourth-order valence-electron chi connectivity index (χ4n) is 4.38. The average Bonchev–Trinajstić information content (AvgIpc) is 2.84. The molecule has 0 aromatic heterocycles. The summed E-state index contributed by atoms with van der Waals surface area (Å²) in [7, 11) is 1.86. The van der Waals surface area contributed by atoms with Crippen molar-refractivity contribution >= 4 is 16.7 Å². The van der Waals surface area contributed by atoms with Gasteiger partial charge in [0.05, 0.1) is 6.10 Å². The van der Waals surface area contributed by atoms with E-state index in [4.69, 9.17) is 4.74 Å². The van der Waals surface area contributed by atoms with E-state index in [0.29, 0.717) is 12.5 Å². The Labute approximate surface area is 190 Å². The third-order valence-electron chi connectivity index (χ3n) is 6.36. The van der Waals surface area contributed by atoms with Gasteiger partial charge in [0.15, 0.2) is 6.61 Å². The first-order valence-electron chi connectivity index (χ1n) is 11.4. The molecule has 5 heteroatoms. The number of rotatable bonds is 8. The lowest BCUT2D eigenvalue weighted by Crippen LogP contribution is -2.41. The topological polar surface area (TPSA) is 53.0 Å². The molecule has 0 aliphatic carbocycles. The van der Waals surface area contributed by atoms with Gasteiger partial charge in [0.2, 0.25) is 0 Å². The number of hydrogen-bond acceptors (Lipinski definition) is 4. The predicted octanol–water partition coefficient (Wildman–Crippen LogP) is 4.12. The zero-order valence-electron chi connectivity index (χ0n) is 18.7. The maximum absolute atomic E-state index is 12.6. The number of fused-ring (bicyclic) bond motifs is 1. The molecule has 3 aromatic carbocycles. The third kappa shape index (κ3) is 5.87. The number of amides is 1. The van der Waals surface area contributed by atoms with Crippen LogP contribution in [-0.4, -0.2) is 60.6 Å². The number of likely N-dealkylation sites (tertiary alicyclic amines) is 1. The van der Waals surface area contributed by atoms with Crippen molar-refractivity contribution in [3.63, 3.8) is 0 Å². The number of piperidine rings is 1. The molecule has 1 heterocycles. The Morgan fingerprint density at radius 3 is 2.47 bits per heavy atom. The van der Waals surface area contributed by atoms with Gasteiger partial charge in [-0.15, -0.1) is 0 Å². The van der Waals surface area contributed by atoms with Crippen molar-refractivity contribution in [1.82, 2.24) is 9.80 Å². The van der Waals surface area contributed by atoms with Crippen molar-refractivity contribution < 1.29 is 14.6 Å². The van der Waals surface area contributed by atoms with E-state index >= 15 is 0 Å². The maximum atomic E-state index is 12.6. The second kappa shape index (κ2) is 10.6. The van der Waals surface area contributed by atoms with E-state index < -0.39 is 6.10 Å². The van der Waals surface area contributed by atoms with Crippen LogP contribution >= 0.6 is 0 Å². The van der Waals surface area contributed by atoms with E-state index in [0.717, 1.165) is 54.6 Å². The number of ether oxygens (including phenoxy) is 1. The fraction of sp³-hybridized carbons (Fsp3) is 0.370. The lowest BCUT2D eigenvalue weighted by molar-refractivity contribution is -0.132. The lowest BCUT2D eigenvalue weighted by atomic mass is 9.95. The minimum atomic E-state index is -0.454. The number of aliphatic hydroxyl groups excluding tert-OH is 1. The van der Waals surface area contributed by atoms with Crippen LogP contribution in [0.1, 0.15) is 24.5 Å². The zero-order valence-corrected chi connectivity index (χ0v) is 18.7. The third-order valence-corrected chi connectivity index (χ3v) is 6.36. The van der Waals surface area contributed by atoms with E-state index in [1.54, 1.807) is 4.90 Å². The smallest absolute Gasteiger partial charge is 0.260 e. The summed E-state index contributed by atoms with van der Waals surface area (Å²) in [6.07, 6.45) is 1.61.